The van der Waals surface area contributed by atoms with E-state index in [0.717, 1.165) is 22.4 Å². The largest absolute Gasteiger partial charge is 0.365 e. The predicted molar refractivity (Wildman–Crippen MR) is 74.8 cm³/mol. The molecule has 3 rings (SSSR count). The molecule has 0 saturated heterocycles. The van der Waals surface area contributed by atoms with Gasteiger partial charge in [-0.25, -0.2) is 9.97 Å². The second kappa shape index (κ2) is 4.68. The van der Waals surface area contributed by atoms with E-state index in [0.29, 0.717) is 6.54 Å². The van der Waals surface area contributed by atoms with Crippen molar-refractivity contribution in [3.8, 4) is 0 Å². The maximum absolute atomic E-state index is 4.33. The zero-order valence-corrected chi connectivity index (χ0v) is 11.0. The summed E-state index contributed by atoms with van der Waals surface area (Å²) in [7, 11) is 1.93. The molecule has 0 amide bonds. The van der Waals surface area contributed by atoms with Gasteiger partial charge in [0.05, 0.1) is 11.2 Å². The highest BCUT2D eigenvalue weighted by atomic mass is 15.3. The van der Waals surface area contributed by atoms with Crippen molar-refractivity contribution in [1.82, 2.24) is 19.7 Å². The Balaban J connectivity index is 1.88. The summed E-state index contributed by atoms with van der Waals surface area (Å²) < 4.78 is 1.82. The maximum atomic E-state index is 4.33. The normalized spacial score (nSPS) is 10.8. The molecule has 1 aromatic carbocycles. The van der Waals surface area contributed by atoms with Crippen molar-refractivity contribution in [1.29, 1.82) is 0 Å². The number of anilines is 1. The molecule has 0 unspecified atom stereocenters. The van der Waals surface area contributed by atoms with E-state index in [1.807, 2.05) is 49.1 Å². The van der Waals surface area contributed by atoms with Crippen LogP contribution in [0.25, 0.3) is 10.9 Å². The fourth-order valence-electron chi connectivity index (χ4n) is 2.15. The van der Waals surface area contributed by atoms with Crippen LogP contribution in [0.2, 0.25) is 0 Å². The Bertz CT molecular complexity index is 711. The van der Waals surface area contributed by atoms with Crippen LogP contribution in [0.15, 0.2) is 36.8 Å². The quantitative estimate of drug-likeness (QED) is 0.778. The highest BCUT2D eigenvalue weighted by Crippen LogP contribution is 2.19. The molecule has 0 saturated carbocycles. The molecule has 2 heterocycles. The second-order valence-corrected chi connectivity index (χ2v) is 4.51. The fourth-order valence-corrected chi connectivity index (χ4v) is 2.15. The van der Waals surface area contributed by atoms with Gasteiger partial charge in [0.15, 0.2) is 0 Å². The number of para-hydroxylation sites is 1. The number of rotatable bonds is 3. The Kier molecular flexibility index (Phi) is 2.87. The molecule has 0 spiro atoms. The SMILES string of the molecule is Cc1nn(C)cc1CNc1ncnc2ccccc12. The summed E-state index contributed by atoms with van der Waals surface area (Å²) in [5, 5.41) is 8.72. The molecule has 3 aromatic rings. The van der Waals surface area contributed by atoms with Gasteiger partial charge in [-0.05, 0) is 19.1 Å². The number of hydrogen-bond acceptors (Lipinski definition) is 4. The summed E-state index contributed by atoms with van der Waals surface area (Å²) >= 11 is 0. The third kappa shape index (κ3) is 2.27. The average Bonchev–Trinajstić information content (AvgIpc) is 2.74. The summed E-state index contributed by atoms with van der Waals surface area (Å²) in [4.78, 5) is 8.56. The lowest BCUT2D eigenvalue weighted by atomic mass is 10.2. The minimum atomic E-state index is 0.709. The summed E-state index contributed by atoms with van der Waals surface area (Å²) in [5.41, 5.74) is 3.15. The third-order valence-corrected chi connectivity index (χ3v) is 3.10. The smallest absolute Gasteiger partial charge is 0.137 e. The lowest BCUT2D eigenvalue weighted by molar-refractivity contribution is 0.756. The van der Waals surface area contributed by atoms with Crippen molar-refractivity contribution in [2.75, 3.05) is 5.32 Å². The molecule has 0 aliphatic carbocycles. The van der Waals surface area contributed by atoms with Gasteiger partial charge in [0.2, 0.25) is 0 Å². The van der Waals surface area contributed by atoms with Crippen LogP contribution in [0, 0.1) is 6.92 Å². The Labute approximate surface area is 111 Å². The third-order valence-electron chi connectivity index (χ3n) is 3.10. The molecule has 19 heavy (non-hydrogen) atoms. The summed E-state index contributed by atoms with van der Waals surface area (Å²) in [6.45, 7) is 2.72. The zero-order chi connectivity index (χ0) is 13.2. The van der Waals surface area contributed by atoms with E-state index >= 15 is 0 Å². The molecule has 0 fully saturated rings. The van der Waals surface area contributed by atoms with Gasteiger partial charge in [-0.15, -0.1) is 0 Å². The van der Waals surface area contributed by atoms with Gasteiger partial charge in [0.1, 0.15) is 12.1 Å². The van der Waals surface area contributed by atoms with E-state index in [2.05, 4.69) is 20.4 Å². The van der Waals surface area contributed by atoms with Gasteiger partial charge in [-0.2, -0.15) is 5.10 Å². The first kappa shape index (κ1) is 11.6. The van der Waals surface area contributed by atoms with Gasteiger partial charge in [0, 0.05) is 30.7 Å². The standard InChI is InChI=1S/C14H15N5/c1-10-11(8-19(2)18-10)7-15-14-12-5-3-4-6-13(12)16-9-17-14/h3-6,8-9H,7H2,1-2H3,(H,15,16,17). The highest BCUT2D eigenvalue weighted by molar-refractivity contribution is 5.88. The molecule has 2 aromatic heterocycles. The van der Waals surface area contributed by atoms with E-state index in [9.17, 15) is 0 Å². The number of hydrogen-bond donors (Lipinski definition) is 1. The van der Waals surface area contributed by atoms with E-state index in [4.69, 9.17) is 0 Å². The Hall–Kier alpha value is -2.43. The molecule has 0 aliphatic heterocycles. The van der Waals surface area contributed by atoms with Gasteiger partial charge in [0.25, 0.3) is 0 Å². The lowest BCUT2D eigenvalue weighted by Gasteiger charge is -2.07. The molecule has 5 heteroatoms. The minimum absolute atomic E-state index is 0.709. The van der Waals surface area contributed by atoms with E-state index in [1.165, 1.54) is 5.56 Å². The number of nitrogens with one attached hydrogen (secondary N) is 1. The number of aromatic nitrogens is 4. The van der Waals surface area contributed by atoms with Crippen LogP contribution >= 0.6 is 0 Å². The van der Waals surface area contributed by atoms with Gasteiger partial charge in [-0.1, -0.05) is 12.1 Å². The van der Waals surface area contributed by atoms with Gasteiger partial charge >= 0.3 is 0 Å². The first-order valence-electron chi connectivity index (χ1n) is 6.17. The first-order chi connectivity index (χ1) is 9.24. The van der Waals surface area contributed by atoms with E-state index in [-0.39, 0.29) is 0 Å². The van der Waals surface area contributed by atoms with Crippen molar-refractivity contribution >= 4 is 16.7 Å². The van der Waals surface area contributed by atoms with Crippen LogP contribution < -0.4 is 5.32 Å². The minimum Gasteiger partial charge on any atom is -0.365 e. The zero-order valence-electron chi connectivity index (χ0n) is 11.0. The number of fused-ring (bicyclic) bond motifs is 1. The molecular formula is C14H15N5. The number of aryl methyl sites for hydroxylation is 2. The van der Waals surface area contributed by atoms with Crippen molar-refractivity contribution in [2.24, 2.45) is 7.05 Å². The Morgan fingerprint density at radius 3 is 2.84 bits per heavy atom. The molecule has 5 nitrogen and oxygen atoms in total. The summed E-state index contributed by atoms with van der Waals surface area (Å²) in [6.07, 6.45) is 3.60. The molecule has 96 valence electrons. The van der Waals surface area contributed by atoms with Gasteiger partial charge < -0.3 is 5.32 Å². The van der Waals surface area contributed by atoms with Crippen LogP contribution in [0.3, 0.4) is 0 Å². The van der Waals surface area contributed by atoms with Gasteiger partial charge in [-0.3, -0.25) is 4.68 Å². The molecule has 0 aliphatic rings. The van der Waals surface area contributed by atoms with Crippen LogP contribution in [-0.2, 0) is 13.6 Å². The van der Waals surface area contributed by atoms with Crippen LogP contribution in [-0.4, -0.2) is 19.7 Å². The van der Waals surface area contributed by atoms with Crippen LogP contribution in [0.4, 0.5) is 5.82 Å². The lowest BCUT2D eigenvalue weighted by Crippen LogP contribution is -2.02. The van der Waals surface area contributed by atoms with Crippen LogP contribution in [0.5, 0.6) is 0 Å². The van der Waals surface area contributed by atoms with Crippen molar-refractivity contribution in [2.45, 2.75) is 13.5 Å². The Morgan fingerprint density at radius 1 is 1.21 bits per heavy atom. The topological polar surface area (TPSA) is 55.6 Å². The van der Waals surface area contributed by atoms with Crippen molar-refractivity contribution in [3.05, 3.63) is 48.0 Å². The van der Waals surface area contributed by atoms with E-state index in [1.54, 1.807) is 6.33 Å². The first-order valence-corrected chi connectivity index (χ1v) is 6.17. The summed E-state index contributed by atoms with van der Waals surface area (Å²) in [5.74, 6) is 0.855. The monoisotopic (exact) mass is 253 g/mol. The molecule has 0 bridgehead atoms. The molecule has 0 radical (unpaired) electrons. The Morgan fingerprint density at radius 2 is 2.05 bits per heavy atom. The molecular weight excluding hydrogens is 238 g/mol. The average molecular weight is 253 g/mol. The summed E-state index contributed by atoms with van der Waals surface area (Å²) in [6, 6.07) is 7.97. The number of nitrogens with zero attached hydrogens (tertiary/aromatic N) is 4. The van der Waals surface area contributed by atoms with Crippen molar-refractivity contribution < 1.29 is 0 Å². The van der Waals surface area contributed by atoms with E-state index < -0.39 is 0 Å². The van der Waals surface area contributed by atoms with Crippen LogP contribution in [0.1, 0.15) is 11.3 Å². The highest BCUT2D eigenvalue weighted by Gasteiger charge is 2.05. The molecule has 0 atom stereocenters. The van der Waals surface area contributed by atoms with Crippen molar-refractivity contribution in [3.63, 3.8) is 0 Å². The fraction of sp³-hybridized carbons (Fsp3) is 0.214. The second-order valence-electron chi connectivity index (χ2n) is 4.51. The number of benzene rings is 1. The maximum Gasteiger partial charge on any atom is 0.137 e. The predicted octanol–water partition coefficient (Wildman–Crippen LogP) is 2.28. The molecule has 1 N–H and O–H groups in total.